The van der Waals surface area contributed by atoms with Gasteiger partial charge in [-0.25, -0.2) is 0 Å². The van der Waals surface area contributed by atoms with Crippen molar-refractivity contribution in [3.8, 4) is 0 Å². The number of hydrogen-bond donors (Lipinski definition) is 0. The summed E-state index contributed by atoms with van der Waals surface area (Å²) in [6, 6.07) is 0. The molecule has 0 saturated carbocycles. The van der Waals surface area contributed by atoms with E-state index in [1.807, 2.05) is 19.5 Å². The molecule has 28 valence electrons. The van der Waals surface area contributed by atoms with E-state index >= 15 is 0 Å². The first kappa shape index (κ1) is 16.1. The topological polar surface area (TPSA) is 0 Å². The summed E-state index contributed by atoms with van der Waals surface area (Å²) >= 11 is 4.46. The minimum absolute atomic E-state index is 0. The summed E-state index contributed by atoms with van der Waals surface area (Å²) in [6.07, 6.45) is 0. The van der Waals surface area contributed by atoms with Crippen LogP contribution in [0.25, 0.3) is 0 Å². The number of rotatable bonds is 0. The van der Waals surface area contributed by atoms with Gasteiger partial charge in [0.2, 0.25) is 0 Å². The zero-order valence-electron chi connectivity index (χ0n) is 1.52. The Morgan fingerprint density at radius 1 is 1.25 bits per heavy atom. The minimum atomic E-state index is 0. The average molecular weight is 361 g/mol. The third kappa shape index (κ3) is 8.83. The predicted octanol–water partition coefficient (Wildman–Crippen LogP) is -3.40. The van der Waals surface area contributed by atoms with Crippen LogP contribution in [0.4, 0.5) is 0 Å². The molecule has 0 amide bonds. The van der Waals surface area contributed by atoms with Crippen molar-refractivity contribution in [3.05, 3.63) is 0 Å². The molecule has 0 rings (SSSR count). The molecule has 4 heavy (non-hydrogen) atoms. The third-order valence-corrected chi connectivity index (χ3v) is 0. The Labute approximate surface area is 66.3 Å². The Hall–Kier alpha value is 2.41. The zero-order chi connectivity index (χ0) is 2.00. The van der Waals surface area contributed by atoms with Crippen molar-refractivity contribution in [1.82, 2.24) is 0 Å². The van der Waals surface area contributed by atoms with E-state index in [2.05, 4.69) is 12.3 Å². The van der Waals surface area contributed by atoms with Crippen LogP contribution in [0.1, 0.15) is 0 Å². The second kappa shape index (κ2) is 18.1. The van der Waals surface area contributed by atoms with Crippen molar-refractivity contribution >= 4 is 67.3 Å². The first-order valence-corrected chi connectivity index (χ1v) is 5.81. The molecule has 0 spiro atoms. The molecule has 0 aromatic carbocycles. The summed E-state index contributed by atoms with van der Waals surface area (Å²) in [4.78, 5) is 0. The van der Waals surface area contributed by atoms with Crippen molar-refractivity contribution in [2.45, 2.75) is 0 Å². The summed E-state index contributed by atoms with van der Waals surface area (Å²) < 4.78 is 0. The Bertz CT molecular complexity index is 8.00. The van der Waals surface area contributed by atoms with Gasteiger partial charge >= 0.3 is 67.3 Å². The van der Waals surface area contributed by atoms with E-state index in [9.17, 15) is 0 Å². The second-order valence-electron chi connectivity index (χ2n) is 0. The zero-order valence-corrected chi connectivity index (χ0v) is 8.53. The van der Waals surface area contributed by atoms with Crippen LogP contribution >= 0.6 is 0 Å². The molecular weight excluding hydrogens is 354 g/mol. The SMILES string of the molecule is [AsH3].[GeH4].[Se]=[Te]. The quantitative estimate of drug-likeness (QED) is 0.395. The van der Waals surface area contributed by atoms with Crippen LogP contribution in [0.3, 0.4) is 0 Å². The number of hydrogen-bond acceptors (Lipinski definition) is 0. The summed E-state index contributed by atoms with van der Waals surface area (Å²) in [7, 11) is 0. The van der Waals surface area contributed by atoms with Gasteiger partial charge in [0.05, 0.1) is 0 Å². The van der Waals surface area contributed by atoms with Crippen LogP contribution in [-0.2, 0) is 0 Å². The normalized spacial score (nSPS) is 1.00. The summed E-state index contributed by atoms with van der Waals surface area (Å²) in [5, 5.41) is 0. The van der Waals surface area contributed by atoms with E-state index in [0.29, 0.717) is 0 Å². The van der Waals surface area contributed by atoms with Gasteiger partial charge in [0.25, 0.3) is 0 Å². The molecule has 0 bridgehead atoms. The van der Waals surface area contributed by atoms with E-state index in [-0.39, 0.29) is 35.6 Å². The monoisotopic (exact) mass is 366 g/mol. The fourth-order valence-electron chi connectivity index (χ4n) is 0. The molecule has 0 saturated heterocycles. The maximum atomic E-state index is 2.64. The van der Waals surface area contributed by atoms with E-state index in [1.165, 1.54) is 0 Å². The van der Waals surface area contributed by atoms with Gasteiger partial charge < -0.3 is 0 Å². The van der Waals surface area contributed by atoms with Crippen LogP contribution in [0, 0.1) is 0 Å². The Balaban J connectivity index is -0.00000000500. The van der Waals surface area contributed by atoms with Crippen LogP contribution < -0.4 is 0 Å². The van der Waals surface area contributed by atoms with Crippen LogP contribution in [0.5, 0.6) is 0 Å². The molecule has 1 atom stereocenters. The van der Waals surface area contributed by atoms with E-state index in [4.69, 9.17) is 0 Å². The summed E-state index contributed by atoms with van der Waals surface area (Å²) in [5.74, 6) is 0. The average Bonchev–Trinajstić information content (AvgIpc) is 1.00. The fourth-order valence-corrected chi connectivity index (χ4v) is 0. The van der Waals surface area contributed by atoms with Gasteiger partial charge in [-0.05, 0) is 0 Å². The molecule has 0 aliphatic heterocycles. The van der Waals surface area contributed by atoms with Crippen molar-refractivity contribution in [2.24, 2.45) is 0 Å². The summed E-state index contributed by atoms with van der Waals surface area (Å²) in [5.41, 5.74) is 0. The molecule has 0 aromatic rings. The predicted molar refractivity (Wildman–Crippen MR) is 32.8 cm³/mol. The Morgan fingerprint density at radius 2 is 1.25 bits per heavy atom. The molecular formula is H7AsGeSeTe. The van der Waals surface area contributed by atoms with Crippen LogP contribution in [-0.4, -0.2) is 67.3 Å². The van der Waals surface area contributed by atoms with Crippen molar-refractivity contribution in [2.75, 3.05) is 0 Å². The third-order valence-electron chi connectivity index (χ3n) is 0. The van der Waals surface area contributed by atoms with Crippen LogP contribution in [0.15, 0.2) is 0 Å². The molecule has 0 nitrogen and oxygen atoms in total. The van der Waals surface area contributed by atoms with E-state index < -0.39 is 0 Å². The van der Waals surface area contributed by atoms with Gasteiger partial charge in [0.1, 0.15) is 0 Å². The maximum absolute atomic E-state index is 2.64. The molecule has 1 unspecified atom stereocenters. The molecule has 0 aromatic heterocycles. The Morgan fingerprint density at radius 3 is 1.25 bits per heavy atom. The van der Waals surface area contributed by atoms with Gasteiger partial charge in [-0.1, -0.05) is 0 Å². The van der Waals surface area contributed by atoms with Crippen molar-refractivity contribution in [3.63, 3.8) is 0 Å². The first-order valence-electron chi connectivity index (χ1n) is 0.167. The van der Waals surface area contributed by atoms with Gasteiger partial charge in [-0.3, -0.25) is 0 Å². The molecule has 0 N–H and O–H groups in total. The van der Waals surface area contributed by atoms with E-state index in [0.717, 1.165) is 0 Å². The van der Waals surface area contributed by atoms with Gasteiger partial charge in [0.15, 0.2) is 0 Å². The molecule has 0 radical (unpaired) electrons. The molecule has 0 fully saturated rings. The van der Waals surface area contributed by atoms with Gasteiger partial charge in [-0.2, -0.15) is 0 Å². The standard InChI is InChI=1S/AsH3.GeH4.SeTe/c;;1-2/h1H3;1H4;. The second-order valence-corrected chi connectivity index (χ2v) is 0. The van der Waals surface area contributed by atoms with Gasteiger partial charge in [-0.15, -0.1) is 0 Å². The molecule has 0 aliphatic carbocycles. The molecule has 0 aliphatic rings. The van der Waals surface area contributed by atoms with Crippen LogP contribution in [0.2, 0.25) is 0 Å². The van der Waals surface area contributed by atoms with Crippen molar-refractivity contribution in [1.29, 1.82) is 0 Å². The van der Waals surface area contributed by atoms with Crippen molar-refractivity contribution < 1.29 is 0 Å². The molecule has 0 heterocycles. The summed E-state index contributed by atoms with van der Waals surface area (Å²) in [6.45, 7) is 0. The van der Waals surface area contributed by atoms with Gasteiger partial charge in [0, 0.05) is 0 Å². The Kier molecular flexibility index (Phi) is 73.1. The first-order chi connectivity index (χ1) is 1.00. The fraction of sp³-hybridized carbons (Fsp3) is 0. The van der Waals surface area contributed by atoms with E-state index in [1.54, 1.807) is 0 Å². The molecule has 4 heteroatoms.